The summed E-state index contributed by atoms with van der Waals surface area (Å²) in [6, 6.07) is 8.29. The molecule has 0 aliphatic carbocycles. The monoisotopic (exact) mass is 220 g/mol. The number of methoxy groups -OCH3 is 1. The Kier molecular flexibility index (Phi) is 5.14. The Hall–Kier alpha value is -1.07. The lowest BCUT2D eigenvalue weighted by molar-refractivity contribution is 0.415. The quantitative estimate of drug-likeness (QED) is 0.528. The molecule has 0 N–H and O–H groups in total. The lowest BCUT2D eigenvalue weighted by Crippen LogP contribution is -2.04. The zero-order valence-corrected chi connectivity index (χ0v) is 10.0. The third-order valence-corrected chi connectivity index (χ3v) is 4.56. The van der Waals surface area contributed by atoms with Gasteiger partial charge in [0.2, 0.25) is 0 Å². The minimum absolute atomic E-state index is 0.165. The Morgan fingerprint density at radius 2 is 1.67 bits per heavy atom. The van der Waals surface area contributed by atoms with E-state index < -0.39 is 0 Å². The normalized spacial score (nSPS) is 10.0. The molecule has 1 aromatic rings. The average Bonchev–Trinajstić information content (AvgIpc) is 2.29. The van der Waals surface area contributed by atoms with Crippen LogP contribution < -0.4 is 10.0 Å². The standard InChI is InChI=1S/C13H17OP/c1-4-10-15(11-5-2)13-8-6-12(14-3)7-9-13/h4-9H,1-2,10-11H2,3H3. The van der Waals surface area contributed by atoms with E-state index in [9.17, 15) is 0 Å². The fraction of sp³-hybridized carbons (Fsp3) is 0.231. The molecule has 1 aromatic carbocycles. The van der Waals surface area contributed by atoms with E-state index in [-0.39, 0.29) is 7.92 Å². The van der Waals surface area contributed by atoms with Gasteiger partial charge in [0.25, 0.3) is 0 Å². The molecule has 0 aliphatic rings. The summed E-state index contributed by atoms with van der Waals surface area (Å²) in [6.45, 7) is 7.60. The average molecular weight is 220 g/mol. The molecule has 0 spiro atoms. The van der Waals surface area contributed by atoms with Crippen molar-refractivity contribution >= 4 is 13.2 Å². The Bertz CT molecular complexity index is 306. The van der Waals surface area contributed by atoms with Crippen molar-refractivity contribution in [2.24, 2.45) is 0 Å². The van der Waals surface area contributed by atoms with Gasteiger partial charge in [0.05, 0.1) is 7.11 Å². The number of allylic oxidation sites excluding steroid dienone is 2. The van der Waals surface area contributed by atoms with Crippen LogP contribution in [0.4, 0.5) is 0 Å². The van der Waals surface area contributed by atoms with Crippen molar-refractivity contribution in [1.82, 2.24) is 0 Å². The van der Waals surface area contributed by atoms with Gasteiger partial charge >= 0.3 is 0 Å². The Morgan fingerprint density at radius 1 is 1.13 bits per heavy atom. The molecular weight excluding hydrogens is 203 g/mol. The first kappa shape index (κ1) is 12.0. The van der Waals surface area contributed by atoms with E-state index in [0.29, 0.717) is 0 Å². The van der Waals surface area contributed by atoms with E-state index in [1.165, 1.54) is 5.30 Å². The van der Waals surface area contributed by atoms with E-state index >= 15 is 0 Å². The van der Waals surface area contributed by atoms with Crippen LogP contribution in [0.25, 0.3) is 0 Å². The summed E-state index contributed by atoms with van der Waals surface area (Å²) in [4.78, 5) is 0. The van der Waals surface area contributed by atoms with Crippen LogP contribution >= 0.6 is 7.92 Å². The van der Waals surface area contributed by atoms with E-state index in [1.807, 2.05) is 24.3 Å². The van der Waals surface area contributed by atoms with Gasteiger partial charge in [0, 0.05) is 0 Å². The number of hydrogen-bond acceptors (Lipinski definition) is 1. The molecule has 1 nitrogen and oxygen atoms in total. The first-order valence-electron chi connectivity index (χ1n) is 4.92. The first-order valence-corrected chi connectivity index (χ1v) is 6.63. The molecule has 0 bridgehead atoms. The Morgan fingerprint density at radius 3 is 2.07 bits per heavy atom. The zero-order valence-electron chi connectivity index (χ0n) is 9.15. The van der Waals surface area contributed by atoms with Crippen molar-refractivity contribution in [2.45, 2.75) is 0 Å². The molecule has 0 heterocycles. The second-order valence-electron chi connectivity index (χ2n) is 3.18. The van der Waals surface area contributed by atoms with Gasteiger partial charge < -0.3 is 4.74 Å². The van der Waals surface area contributed by atoms with Crippen LogP contribution in [0, 0.1) is 0 Å². The molecular formula is C13H17OP. The highest BCUT2D eigenvalue weighted by molar-refractivity contribution is 7.65. The number of benzene rings is 1. The van der Waals surface area contributed by atoms with Gasteiger partial charge in [-0.3, -0.25) is 0 Å². The van der Waals surface area contributed by atoms with Crippen LogP contribution in [-0.4, -0.2) is 19.4 Å². The van der Waals surface area contributed by atoms with Gasteiger partial charge in [-0.15, -0.1) is 13.2 Å². The molecule has 2 heteroatoms. The summed E-state index contributed by atoms with van der Waals surface area (Å²) in [5.74, 6) is 0.908. The fourth-order valence-electron chi connectivity index (χ4n) is 1.39. The van der Waals surface area contributed by atoms with Gasteiger partial charge in [-0.1, -0.05) is 32.2 Å². The summed E-state index contributed by atoms with van der Waals surface area (Å²) in [5.41, 5.74) is 0. The minimum Gasteiger partial charge on any atom is -0.497 e. The van der Waals surface area contributed by atoms with Crippen molar-refractivity contribution in [3.05, 3.63) is 49.6 Å². The van der Waals surface area contributed by atoms with Gasteiger partial charge in [0.15, 0.2) is 0 Å². The van der Waals surface area contributed by atoms with Crippen LogP contribution in [-0.2, 0) is 0 Å². The third kappa shape index (κ3) is 3.53. The van der Waals surface area contributed by atoms with Crippen LogP contribution in [0.1, 0.15) is 0 Å². The second kappa shape index (κ2) is 6.42. The molecule has 0 amide bonds. The van der Waals surface area contributed by atoms with Crippen molar-refractivity contribution in [3.63, 3.8) is 0 Å². The highest BCUT2D eigenvalue weighted by atomic mass is 31.1. The van der Waals surface area contributed by atoms with Gasteiger partial charge in [-0.05, 0) is 29.8 Å². The lowest BCUT2D eigenvalue weighted by atomic mass is 10.3. The molecule has 0 saturated heterocycles. The highest BCUT2D eigenvalue weighted by Gasteiger charge is 2.06. The zero-order chi connectivity index (χ0) is 11.1. The van der Waals surface area contributed by atoms with E-state index in [0.717, 1.165) is 18.1 Å². The maximum atomic E-state index is 5.14. The lowest BCUT2D eigenvalue weighted by Gasteiger charge is -2.14. The van der Waals surface area contributed by atoms with Crippen LogP contribution in [0.5, 0.6) is 5.75 Å². The summed E-state index contributed by atoms with van der Waals surface area (Å²) in [6.07, 6.45) is 6.07. The predicted molar refractivity (Wildman–Crippen MR) is 69.7 cm³/mol. The third-order valence-electron chi connectivity index (χ3n) is 2.14. The molecule has 1 rings (SSSR count). The minimum atomic E-state index is -0.165. The van der Waals surface area contributed by atoms with Crippen molar-refractivity contribution in [1.29, 1.82) is 0 Å². The second-order valence-corrected chi connectivity index (χ2v) is 5.51. The van der Waals surface area contributed by atoms with Crippen LogP contribution in [0.2, 0.25) is 0 Å². The fourth-order valence-corrected chi connectivity index (χ4v) is 3.15. The number of hydrogen-bond donors (Lipinski definition) is 0. The number of ether oxygens (including phenoxy) is 1. The molecule has 0 fully saturated rings. The van der Waals surface area contributed by atoms with E-state index in [1.54, 1.807) is 7.11 Å². The largest absolute Gasteiger partial charge is 0.497 e. The molecule has 80 valence electrons. The molecule has 0 atom stereocenters. The summed E-state index contributed by atoms with van der Waals surface area (Å²) < 4.78 is 5.14. The SMILES string of the molecule is C=CCP(CC=C)c1ccc(OC)cc1. The Balaban J connectivity index is 2.80. The molecule has 0 saturated carbocycles. The molecule has 0 radical (unpaired) electrons. The van der Waals surface area contributed by atoms with Crippen molar-refractivity contribution in [3.8, 4) is 5.75 Å². The van der Waals surface area contributed by atoms with Crippen molar-refractivity contribution < 1.29 is 4.74 Å². The highest BCUT2D eigenvalue weighted by Crippen LogP contribution is 2.34. The maximum absolute atomic E-state index is 5.14. The van der Waals surface area contributed by atoms with Gasteiger partial charge in [-0.25, -0.2) is 0 Å². The molecule has 0 aromatic heterocycles. The van der Waals surface area contributed by atoms with E-state index in [4.69, 9.17) is 4.74 Å². The first-order chi connectivity index (χ1) is 7.31. The van der Waals surface area contributed by atoms with Gasteiger partial charge in [-0.2, -0.15) is 0 Å². The smallest absolute Gasteiger partial charge is 0.118 e. The predicted octanol–water partition coefficient (Wildman–Crippen LogP) is 3.17. The maximum Gasteiger partial charge on any atom is 0.118 e. The molecule has 0 aliphatic heterocycles. The van der Waals surface area contributed by atoms with E-state index in [2.05, 4.69) is 25.3 Å². The molecule has 15 heavy (non-hydrogen) atoms. The summed E-state index contributed by atoms with van der Waals surface area (Å²) >= 11 is 0. The Labute approximate surface area is 93.2 Å². The molecule has 0 unspecified atom stereocenters. The van der Waals surface area contributed by atoms with Crippen LogP contribution in [0.3, 0.4) is 0 Å². The van der Waals surface area contributed by atoms with Crippen LogP contribution in [0.15, 0.2) is 49.6 Å². The summed E-state index contributed by atoms with van der Waals surface area (Å²) in [7, 11) is 1.52. The summed E-state index contributed by atoms with van der Waals surface area (Å²) in [5, 5.41) is 1.38. The topological polar surface area (TPSA) is 9.23 Å². The van der Waals surface area contributed by atoms with Crippen molar-refractivity contribution in [2.75, 3.05) is 19.4 Å². The van der Waals surface area contributed by atoms with Gasteiger partial charge in [0.1, 0.15) is 5.75 Å². The number of rotatable bonds is 6.